The highest BCUT2D eigenvalue weighted by Gasteiger charge is 2.36. The Balaban J connectivity index is 1.55. The Morgan fingerprint density at radius 1 is 1.46 bits per heavy atom. The lowest BCUT2D eigenvalue weighted by molar-refractivity contribution is -0.384. The van der Waals surface area contributed by atoms with Crippen molar-refractivity contribution >= 4 is 35.5 Å². The largest absolute Gasteiger partial charge is 0.359 e. The summed E-state index contributed by atoms with van der Waals surface area (Å²) in [6.07, 6.45) is 2.84. The quantitative estimate of drug-likeness (QED) is 0.391. The molecule has 0 bridgehead atoms. The SMILES string of the molecule is CC1=CC(=O)N2N[C@H](C(=O)N/N=C\c3ccc([N+](=O)[O-])cc3)CS[C@H]2N1. The van der Waals surface area contributed by atoms with E-state index < -0.39 is 11.0 Å². The van der Waals surface area contributed by atoms with E-state index >= 15 is 0 Å². The van der Waals surface area contributed by atoms with Crippen molar-refractivity contribution in [2.75, 3.05) is 5.75 Å². The minimum atomic E-state index is -0.609. The molecule has 0 aromatic heterocycles. The molecule has 0 spiro atoms. The number of hydrazone groups is 1. The highest BCUT2D eigenvalue weighted by Crippen LogP contribution is 2.23. The lowest BCUT2D eigenvalue weighted by Gasteiger charge is -2.41. The number of non-ortho nitro benzene ring substituents is 1. The first-order valence-corrected chi connectivity index (χ1v) is 8.72. The summed E-state index contributed by atoms with van der Waals surface area (Å²) < 4.78 is 0. The third-order valence-corrected chi connectivity index (χ3v) is 4.86. The fourth-order valence-corrected chi connectivity index (χ4v) is 3.56. The molecule has 2 aliphatic rings. The standard InChI is InChI=1S/C15H16N6O4S/c1-9-6-13(22)20-15(17-9)26-8-12(19-20)14(23)18-16-7-10-2-4-11(5-3-10)21(24)25/h2-7,12,15,17,19H,8H2,1H3,(H,18,23)/b16-7-/t12-,15-/m0/s1. The average molecular weight is 376 g/mol. The maximum Gasteiger partial charge on any atom is 0.269 e. The number of fused-ring (bicyclic) bond motifs is 1. The molecule has 136 valence electrons. The summed E-state index contributed by atoms with van der Waals surface area (Å²) in [5, 5.41) is 19.0. The van der Waals surface area contributed by atoms with Crippen LogP contribution >= 0.6 is 11.8 Å². The van der Waals surface area contributed by atoms with Crippen molar-refractivity contribution in [1.29, 1.82) is 0 Å². The average Bonchev–Trinajstić information content (AvgIpc) is 2.61. The molecular weight excluding hydrogens is 360 g/mol. The summed E-state index contributed by atoms with van der Waals surface area (Å²) in [4.78, 5) is 34.3. The number of carbonyl (C=O) groups excluding carboxylic acids is 2. The van der Waals surface area contributed by atoms with Gasteiger partial charge in [-0.2, -0.15) is 5.10 Å². The lowest BCUT2D eigenvalue weighted by atomic mass is 10.2. The number of nitro groups is 1. The van der Waals surface area contributed by atoms with Gasteiger partial charge in [0, 0.05) is 29.7 Å². The number of nitrogens with zero attached hydrogens (tertiary/aromatic N) is 3. The Bertz CT molecular complexity index is 794. The molecule has 1 aromatic carbocycles. The van der Waals surface area contributed by atoms with E-state index in [2.05, 4.69) is 21.3 Å². The van der Waals surface area contributed by atoms with Gasteiger partial charge in [0.25, 0.3) is 17.5 Å². The van der Waals surface area contributed by atoms with Gasteiger partial charge < -0.3 is 5.32 Å². The fourth-order valence-electron chi connectivity index (χ4n) is 2.38. The van der Waals surface area contributed by atoms with Crippen LogP contribution in [0.2, 0.25) is 0 Å². The Hall–Kier alpha value is -2.92. The summed E-state index contributed by atoms with van der Waals surface area (Å²) in [5.41, 5.74) is 6.41. The lowest BCUT2D eigenvalue weighted by Crippen LogP contribution is -2.65. The van der Waals surface area contributed by atoms with Crippen molar-refractivity contribution in [1.82, 2.24) is 21.2 Å². The van der Waals surface area contributed by atoms with Gasteiger partial charge in [-0.25, -0.2) is 15.9 Å². The molecule has 0 aliphatic carbocycles. The summed E-state index contributed by atoms with van der Waals surface area (Å²) in [7, 11) is 0. The molecule has 11 heteroatoms. The molecule has 0 saturated carbocycles. The van der Waals surface area contributed by atoms with Gasteiger partial charge in [0.2, 0.25) is 0 Å². The molecular formula is C15H16N6O4S. The van der Waals surface area contributed by atoms with Crippen LogP contribution in [0, 0.1) is 10.1 Å². The van der Waals surface area contributed by atoms with Gasteiger partial charge in [-0.15, -0.1) is 11.8 Å². The van der Waals surface area contributed by atoms with Crippen molar-refractivity contribution in [2.45, 2.75) is 18.5 Å². The van der Waals surface area contributed by atoms with Crippen LogP contribution in [-0.2, 0) is 9.59 Å². The molecule has 2 aliphatic heterocycles. The van der Waals surface area contributed by atoms with Crippen LogP contribution < -0.4 is 16.2 Å². The van der Waals surface area contributed by atoms with E-state index in [1.165, 1.54) is 53.3 Å². The molecule has 2 heterocycles. The van der Waals surface area contributed by atoms with Crippen molar-refractivity contribution in [2.24, 2.45) is 5.10 Å². The zero-order valence-electron chi connectivity index (χ0n) is 13.7. The van der Waals surface area contributed by atoms with E-state index in [1.54, 1.807) is 0 Å². The zero-order chi connectivity index (χ0) is 18.7. The predicted molar refractivity (Wildman–Crippen MR) is 95.7 cm³/mol. The van der Waals surface area contributed by atoms with Crippen molar-refractivity contribution in [3.8, 4) is 0 Å². The Labute approximate surface area is 152 Å². The second-order valence-corrected chi connectivity index (χ2v) is 6.74. The molecule has 3 N–H and O–H groups in total. The summed E-state index contributed by atoms with van der Waals surface area (Å²) in [6, 6.07) is 5.16. The molecule has 10 nitrogen and oxygen atoms in total. The van der Waals surface area contributed by atoms with Crippen LogP contribution in [0.4, 0.5) is 5.69 Å². The van der Waals surface area contributed by atoms with Crippen LogP contribution in [0.5, 0.6) is 0 Å². The number of nitro benzene ring substituents is 1. The number of allylic oxidation sites excluding steroid dienone is 1. The third-order valence-electron chi connectivity index (χ3n) is 3.69. The second-order valence-electron chi connectivity index (χ2n) is 5.63. The number of carbonyl (C=O) groups is 2. The van der Waals surface area contributed by atoms with E-state index in [4.69, 9.17) is 0 Å². The van der Waals surface area contributed by atoms with E-state index in [0.717, 1.165) is 5.70 Å². The van der Waals surface area contributed by atoms with Gasteiger partial charge >= 0.3 is 0 Å². The molecule has 1 aromatic rings. The first kappa shape index (κ1) is 17.9. The molecule has 1 fully saturated rings. The number of benzene rings is 1. The summed E-state index contributed by atoms with van der Waals surface area (Å²) >= 11 is 1.44. The fraction of sp³-hybridized carbons (Fsp3) is 0.267. The molecule has 2 atom stereocenters. The van der Waals surface area contributed by atoms with Gasteiger partial charge in [-0.1, -0.05) is 0 Å². The van der Waals surface area contributed by atoms with Crippen molar-refractivity contribution < 1.29 is 14.5 Å². The number of rotatable bonds is 4. The molecule has 0 radical (unpaired) electrons. The van der Waals surface area contributed by atoms with Crippen molar-refractivity contribution in [3.05, 3.63) is 51.7 Å². The summed E-state index contributed by atoms with van der Waals surface area (Å²) in [5.74, 6) is -0.132. The maximum atomic E-state index is 12.2. The van der Waals surface area contributed by atoms with Crippen LogP contribution in [-0.4, -0.2) is 45.3 Å². The molecule has 2 amide bonds. The van der Waals surface area contributed by atoms with E-state index in [0.29, 0.717) is 11.3 Å². The first-order valence-electron chi connectivity index (χ1n) is 7.67. The van der Waals surface area contributed by atoms with Crippen LogP contribution in [0.3, 0.4) is 0 Å². The van der Waals surface area contributed by atoms with Crippen molar-refractivity contribution in [3.63, 3.8) is 0 Å². The van der Waals surface area contributed by atoms with Gasteiger partial charge in [0.15, 0.2) is 5.50 Å². The smallest absolute Gasteiger partial charge is 0.269 e. The van der Waals surface area contributed by atoms with Gasteiger partial charge in [0.05, 0.1) is 11.1 Å². The highest BCUT2D eigenvalue weighted by molar-refractivity contribution is 7.99. The van der Waals surface area contributed by atoms with Gasteiger partial charge in [-0.05, 0) is 24.6 Å². The van der Waals surface area contributed by atoms with Crippen LogP contribution in [0.25, 0.3) is 0 Å². The molecule has 1 saturated heterocycles. The number of hydrogen-bond donors (Lipinski definition) is 3. The summed E-state index contributed by atoms with van der Waals surface area (Å²) in [6.45, 7) is 1.81. The van der Waals surface area contributed by atoms with Crippen LogP contribution in [0.15, 0.2) is 41.1 Å². The van der Waals surface area contributed by atoms with E-state index in [1.807, 2.05) is 6.92 Å². The maximum absolute atomic E-state index is 12.2. The Morgan fingerprint density at radius 3 is 2.88 bits per heavy atom. The third kappa shape index (κ3) is 4.00. The number of amides is 2. The minimum absolute atomic E-state index is 0.0201. The van der Waals surface area contributed by atoms with E-state index in [-0.39, 0.29) is 23.0 Å². The first-order chi connectivity index (χ1) is 12.4. The number of hydrogen-bond acceptors (Lipinski definition) is 8. The number of nitrogens with one attached hydrogen (secondary N) is 3. The number of thioether (sulfide) groups is 1. The second kappa shape index (κ2) is 7.54. The molecule has 26 heavy (non-hydrogen) atoms. The molecule has 0 unspecified atom stereocenters. The van der Waals surface area contributed by atoms with Gasteiger partial charge in [-0.3, -0.25) is 19.7 Å². The zero-order valence-corrected chi connectivity index (χ0v) is 14.5. The minimum Gasteiger partial charge on any atom is -0.359 e. The topological polar surface area (TPSA) is 129 Å². The normalized spacial score (nSPS) is 22.4. The monoisotopic (exact) mass is 376 g/mol. The number of hydrazine groups is 1. The Morgan fingerprint density at radius 2 is 2.19 bits per heavy atom. The van der Waals surface area contributed by atoms with Gasteiger partial charge in [0.1, 0.15) is 6.04 Å². The van der Waals surface area contributed by atoms with Crippen LogP contribution in [0.1, 0.15) is 12.5 Å². The highest BCUT2D eigenvalue weighted by atomic mass is 32.2. The van der Waals surface area contributed by atoms with E-state index in [9.17, 15) is 19.7 Å². The molecule has 3 rings (SSSR count). The Kier molecular flexibility index (Phi) is 5.19. The predicted octanol–water partition coefficient (Wildman–Crippen LogP) is 0.284.